The van der Waals surface area contributed by atoms with Gasteiger partial charge < -0.3 is 14.5 Å². The minimum absolute atomic E-state index is 0.0103. The minimum atomic E-state index is -1.40. The highest BCUT2D eigenvalue weighted by Gasteiger charge is 2.54. The van der Waals surface area contributed by atoms with E-state index in [9.17, 15) is 23.2 Å². The Morgan fingerprint density at radius 2 is 1.26 bits per heavy atom. The van der Waals surface area contributed by atoms with Gasteiger partial charge in [0.25, 0.3) is 12.4 Å². The molecule has 0 unspecified atom stereocenters. The maximum atomic E-state index is 13.2. The number of carbonyl (C=O) groups is 3. The standard InChI is InChI=1S/C16H22FNO.C15H18FNO3.CO2/c1-4-16(3)14(10-17)11-18(15(16)19)12(2)13-8-6-5-7-9-13;1-11(12-6-4-3-5-7-12)17-9-13(8-16)15(2,14(17)19)20-10-18;2-1-3/h5-9,12,14H,4,10-11H2,1-3H3;3-7,10-11,13H,8-9H2,1-2H3;/t12-,14-,16-;11-,13-,15-;/m11./s1. The second kappa shape index (κ2) is 15.4. The van der Waals surface area contributed by atoms with Crippen molar-refractivity contribution in [3.8, 4) is 0 Å². The van der Waals surface area contributed by atoms with Gasteiger partial charge >= 0.3 is 6.15 Å². The fourth-order valence-corrected chi connectivity index (χ4v) is 5.57. The topological polar surface area (TPSA) is 101 Å². The van der Waals surface area contributed by atoms with E-state index in [1.807, 2.05) is 93.3 Å². The van der Waals surface area contributed by atoms with Crippen LogP contribution in [-0.2, 0) is 28.7 Å². The molecule has 8 nitrogen and oxygen atoms in total. The van der Waals surface area contributed by atoms with Gasteiger partial charge in [-0.3, -0.25) is 23.2 Å². The number of carbonyl (C=O) groups excluding carboxylic acids is 5. The Balaban J connectivity index is 0.000000269. The van der Waals surface area contributed by atoms with Crippen molar-refractivity contribution >= 4 is 24.4 Å². The summed E-state index contributed by atoms with van der Waals surface area (Å²) in [5.74, 6) is -1.07. The molecule has 2 saturated heterocycles. The number of halogens is 2. The predicted molar refractivity (Wildman–Crippen MR) is 151 cm³/mol. The van der Waals surface area contributed by atoms with Crippen LogP contribution in [0.3, 0.4) is 0 Å². The summed E-state index contributed by atoms with van der Waals surface area (Å²) in [4.78, 5) is 55.3. The van der Waals surface area contributed by atoms with Gasteiger partial charge in [-0.2, -0.15) is 9.59 Å². The molecule has 2 aromatic rings. The van der Waals surface area contributed by atoms with Crippen LogP contribution in [-0.4, -0.2) is 66.3 Å². The molecule has 2 aliphatic rings. The molecule has 2 heterocycles. The van der Waals surface area contributed by atoms with Gasteiger partial charge in [-0.05, 0) is 38.3 Å². The quantitative estimate of drug-likeness (QED) is 0.379. The van der Waals surface area contributed by atoms with E-state index in [1.54, 1.807) is 4.90 Å². The maximum Gasteiger partial charge on any atom is 0.373 e. The number of likely N-dealkylation sites (tertiary alicyclic amines) is 2. The first-order chi connectivity index (χ1) is 20.0. The zero-order valence-electron chi connectivity index (χ0n) is 24.8. The smallest absolute Gasteiger partial charge is 0.373 e. The lowest BCUT2D eigenvalue weighted by Gasteiger charge is -2.28. The number of ether oxygens (including phenoxy) is 1. The Morgan fingerprint density at radius 3 is 1.62 bits per heavy atom. The lowest BCUT2D eigenvalue weighted by molar-refractivity contribution is -0.191. The van der Waals surface area contributed by atoms with E-state index < -0.39 is 30.3 Å². The summed E-state index contributed by atoms with van der Waals surface area (Å²) in [6.45, 7) is 9.12. The summed E-state index contributed by atoms with van der Waals surface area (Å²) in [5, 5.41) is 0. The number of benzene rings is 2. The molecule has 0 N–H and O–H groups in total. The van der Waals surface area contributed by atoms with Crippen molar-refractivity contribution in [1.82, 2.24) is 9.80 Å². The molecule has 2 fully saturated rings. The van der Waals surface area contributed by atoms with Gasteiger partial charge in [-0.15, -0.1) is 0 Å². The highest BCUT2D eigenvalue weighted by atomic mass is 19.1. The monoisotopic (exact) mass is 586 g/mol. The molecule has 2 aliphatic heterocycles. The van der Waals surface area contributed by atoms with Gasteiger partial charge in [-0.1, -0.05) is 74.5 Å². The molecule has 0 saturated carbocycles. The number of amides is 2. The molecular formula is C32H40F2N2O6. The molecular weight excluding hydrogens is 546 g/mol. The zero-order chi connectivity index (χ0) is 31.5. The molecule has 2 amide bonds. The molecule has 0 bridgehead atoms. The van der Waals surface area contributed by atoms with Crippen molar-refractivity contribution < 1.29 is 37.5 Å². The summed E-state index contributed by atoms with van der Waals surface area (Å²) in [6.07, 6.45) is 0.943. The van der Waals surface area contributed by atoms with E-state index in [0.29, 0.717) is 13.0 Å². The number of hydrogen-bond acceptors (Lipinski definition) is 6. The summed E-state index contributed by atoms with van der Waals surface area (Å²) < 4.78 is 31.3. The predicted octanol–water partition coefficient (Wildman–Crippen LogP) is 5.12. The summed E-state index contributed by atoms with van der Waals surface area (Å²) in [6, 6.07) is 19.3. The molecule has 228 valence electrons. The zero-order valence-corrected chi connectivity index (χ0v) is 24.8. The van der Waals surface area contributed by atoms with Crippen molar-refractivity contribution in [2.45, 2.75) is 58.7 Å². The number of hydrogen-bond donors (Lipinski definition) is 0. The molecule has 2 aromatic carbocycles. The van der Waals surface area contributed by atoms with Crippen LogP contribution in [0.1, 0.15) is 64.3 Å². The molecule has 0 spiro atoms. The van der Waals surface area contributed by atoms with Gasteiger partial charge in [0.2, 0.25) is 5.91 Å². The van der Waals surface area contributed by atoms with Gasteiger partial charge in [0.05, 0.1) is 36.8 Å². The number of nitrogens with zero attached hydrogens (tertiary/aromatic N) is 2. The van der Waals surface area contributed by atoms with Crippen molar-refractivity contribution in [3.63, 3.8) is 0 Å². The first kappa shape index (κ1) is 34.3. The Morgan fingerprint density at radius 1 is 0.857 bits per heavy atom. The van der Waals surface area contributed by atoms with Crippen LogP contribution in [0, 0.1) is 17.3 Å². The maximum absolute atomic E-state index is 13.2. The van der Waals surface area contributed by atoms with Crippen LogP contribution in [0.5, 0.6) is 0 Å². The molecule has 10 heteroatoms. The van der Waals surface area contributed by atoms with Crippen molar-refractivity contribution in [2.24, 2.45) is 17.3 Å². The number of rotatable bonds is 9. The second-order valence-electron chi connectivity index (χ2n) is 11.0. The Labute approximate surface area is 246 Å². The van der Waals surface area contributed by atoms with Crippen LogP contribution in [0.2, 0.25) is 0 Å². The van der Waals surface area contributed by atoms with Crippen LogP contribution >= 0.6 is 0 Å². The molecule has 4 rings (SSSR count). The fraction of sp³-hybridized carbons (Fsp3) is 0.500. The van der Waals surface area contributed by atoms with Crippen LogP contribution in [0.25, 0.3) is 0 Å². The highest BCUT2D eigenvalue weighted by molar-refractivity contribution is 5.89. The largest absolute Gasteiger partial charge is 0.451 e. The van der Waals surface area contributed by atoms with E-state index in [4.69, 9.17) is 14.3 Å². The van der Waals surface area contributed by atoms with Crippen molar-refractivity contribution in [2.75, 3.05) is 26.4 Å². The third-order valence-corrected chi connectivity index (χ3v) is 8.85. The Bertz CT molecular complexity index is 1210. The summed E-state index contributed by atoms with van der Waals surface area (Å²) in [5.41, 5.74) is 0.125. The first-order valence-corrected chi connectivity index (χ1v) is 13.9. The first-order valence-electron chi connectivity index (χ1n) is 13.9. The lowest BCUT2D eigenvalue weighted by Crippen LogP contribution is -2.44. The summed E-state index contributed by atoms with van der Waals surface area (Å²) >= 11 is 0. The van der Waals surface area contributed by atoms with Crippen LogP contribution < -0.4 is 0 Å². The molecule has 0 aliphatic carbocycles. The van der Waals surface area contributed by atoms with E-state index in [2.05, 4.69) is 0 Å². The average Bonchev–Trinajstić information content (AvgIpc) is 3.42. The molecule has 6 atom stereocenters. The Hall–Kier alpha value is -3.91. The molecule has 0 radical (unpaired) electrons. The van der Waals surface area contributed by atoms with E-state index in [-0.39, 0.29) is 49.0 Å². The van der Waals surface area contributed by atoms with Gasteiger partial charge in [0.1, 0.15) is 0 Å². The third kappa shape index (κ3) is 7.10. The SMILES string of the molecule is CC[C@@]1(C)C(=O)N([C@H](C)c2ccccc2)C[C@H]1CF.C[C@H](c1ccccc1)N1C[C@@H](CF)[C@@](C)(OC=O)C1=O.O=C=O. The minimum Gasteiger partial charge on any atom is -0.451 e. The van der Waals surface area contributed by atoms with Crippen LogP contribution in [0.4, 0.5) is 8.78 Å². The second-order valence-corrected chi connectivity index (χ2v) is 11.0. The average molecular weight is 587 g/mol. The van der Waals surface area contributed by atoms with Crippen molar-refractivity contribution in [1.29, 1.82) is 0 Å². The number of alkyl halides is 2. The van der Waals surface area contributed by atoms with Crippen LogP contribution in [0.15, 0.2) is 60.7 Å². The fourth-order valence-electron chi connectivity index (χ4n) is 5.57. The lowest BCUT2D eigenvalue weighted by atomic mass is 9.78. The highest BCUT2D eigenvalue weighted by Crippen LogP contribution is 2.43. The van der Waals surface area contributed by atoms with E-state index >= 15 is 0 Å². The van der Waals surface area contributed by atoms with Gasteiger partial charge in [0, 0.05) is 19.0 Å². The van der Waals surface area contributed by atoms with Gasteiger partial charge in [-0.25, -0.2) is 0 Å². The van der Waals surface area contributed by atoms with Crippen molar-refractivity contribution in [3.05, 3.63) is 71.8 Å². The normalized spacial score (nSPS) is 26.3. The third-order valence-electron chi connectivity index (χ3n) is 8.85. The van der Waals surface area contributed by atoms with E-state index in [1.165, 1.54) is 6.92 Å². The summed E-state index contributed by atoms with van der Waals surface area (Å²) in [7, 11) is 0. The molecule has 42 heavy (non-hydrogen) atoms. The molecule has 0 aromatic heterocycles. The van der Waals surface area contributed by atoms with E-state index in [0.717, 1.165) is 11.1 Å². The van der Waals surface area contributed by atoms with Gasteiger partial charge in [0.15, 0.2) is 5.60 Å². The Kier molecular flexibility index (Phi) is 12.5.